The largest absolute Gasteiger partial charge is 0.364 e. The molecule has 0 amide bonds. The molecule has 0 atom stereocenters. The number of nitrogens with zero attached hydrogens (tertiary/aromatic N) is 5. The first-order chi connectivity index (χ1) is 10.7. The number of likely N-dealkylation sites (N-methyl/N-ethyl adjacent to an activating group) is 1. The van der Waals surface area contributed by atoms with Crippen LogP contribution in [0, 0.1) is 0 Å². The first-order valence-corrected chi connectivity index (χ1v) is 7.98. The van der Waals surface area contributed by atoms with Gasteiger partial charge in [-0.15, -0.1) is 0 Å². The van der Waals surface area contributed by atoms with Crippen LogP contribution in [0.3, 0.4) is 0 Å². The summed E-state index contributed by atoms with van der Waals surface area (Å²) >= 11 is 0. The topological polar surface area (TPSA) is 60.1 Å². The smallest absolute Gasteiger partial charge is 0.193 e. The molecule has 0 spiro atoms. The minimum atomic E-state index is 0.859. The number of aliphatic imine (C=N–C) groups is 1. The van der Waals surface area contributed by atoms with E-state index in [1.807, 2.05) is 13.1 Å². The average Bonchev–Trinajstić information content (AvgIpc) is 3.05. The van der Waals surface area contributed by atoms with Crippen molar-refractivity contribution in [2.45, 2.75) is 13.5 Å². The summed E-state index contributed by atoms with van der Waals surface area (Å²) in [6, 6.07) is 1.93. The van der Waals surface area contributed by atoms with Gasteiger partial charge in [-0.2, -0.15) is 0 Å². The SMILES string of the molecule is CCN(C)CCNC(=NC)N1CCN(Cc2ccon2)CC1. The Morgan fingerprint density at radius 3 is 2.77 bits per heavy atom. The van der Waals surface area contributed by atoms with E-state index in [9.17, 15) is 0 Å². The van der Waals surface area contributed by atoms with Crippen LogP contribution >= 0.6 is 0 Å². The Hall–Kier alpha value is -1.60. The molecule has 0 unspecified atom stereocenters. The van der Waals surface area contributed by atoms with Crippen molar-refractivity contribution in [2.24, 2.45) is 4.99 Å². The van der Waals surface area contributed by atoms with Crippen LogP contribution in [-0.2, 0) is 6.54 Å². The number of aromatic nitrogens is 1. The van der Waals surface area contributed by atoms with Gasteiger partial charge in [-0.25, -0.2) is 0 Å². The highest BCUT2D eigenvalue weighted by Gasteiger charge is 2.20. The molecule has 0 bridgehead atoms. The summed E-state index contributed by atoms with van der Waals surface area (Å²) in [6.07, 6.45) is 1.63. The predicted molar refractivity (Wildman–Crippen MR) is 87.9 cm³/mol. The fraction of sp³-hybridized carbons (Fsp3) is 0.733. The van der Waals surface area contributed by atoms with Gasteiger partial charge in [0.25, 0.3) is 0 Å². The Balaban J connectivity index is 1.72. The molecule has 1 saturated heterocycles. The zero-order valence-electron chi connectivity index (χ0n) is 14.0. The van der Waals surface area contributed by atoms with Crippen LogP contribution in [0.2, 0.25) is 0 Å². The minimum Gasteiger partial charge on any atom is -0.364 e. The Labute approximate surface area is 132 Å². The van der Waals surface area contributed by atoms with Crippen molar-refractivity contribution in [1.82, 2.24) is 25.2 Å². The molecule has 0 saturated carbocycles. The number of rotatable bonds is 6. The monoisotopic (exact) mass is 308 g/mol. The van der Waals surface area contributed by atoms with Gasteiger partial charge in [-0.05, 0) is 13.6 Å². The van der Waals surface area contributed by atoms with E-state index in [2.05, 4.69) is 44.1 Å². The first kappa shape index (κ1) is 16.8. The van der Waals surface area contributed by atoms with Crippen molar-refractivity contribution in [3.05, 3.63) is 18.0 Å². The highest BCUT2D eigenvalue weighted by atomic mass is 16.5. The van der Waals surface area contributed by atoms with Gasteiger partial charge in [0.15, 0.2) is 5.96 Å². The maximum Gasteiger partial charge on any atom is 0.193 e. The summed E-state index contributed by atoms with van der Waals surface area (Å²) in [7, 11) is 3.99. The van der Waals surface area contributed by atoms with Crippen molar-refractivity contribution in [3.8, 4) is 0 Å². The number of guanidine groups is 1. The number of hydrogen-bond donors (Lipinski definition) is 1. The fourth-order valence-electron chi connectivity index (χ4n) is 2.51. The van der Waals surface area contributed by atoms with Crippen LogP contribution in [0.15, 0.2) is 21.8 Å². The predicted octanol–water partition coefficient (Wildman–Crippen LogP) is 0.319. The molecule has 22 heavy (non-hydrogen) atoms. The molecule has 124 valence electrons. The molecule has 1 aromatic rings. The van der Waals surface area contributed by atoms with Gasteiger partial charge in [0.05, 0.1) is 5.69 Å². The van der Waals surface area contributed by atoms with Crippen molar-refractivity contribution in [3.63, 3.8) is 0 Å². The van der Waals surface area contributed by atoms with Crippen LogP contribution in [0.5, 0.6) is 0 Å². The van der Waals surface area contributed by atoms with E-state index in [4.69, 9.17) is 4.52 Å². The summed E-state index contributed by atoms with van der Waals surface area (Å²) in [5, 5.41) is 7.43. The van der Waals surface area contributed by atoms with Gasteiger partial charge in [-0.3, -0.25) is 9.89 Å². The summed E-state index contributed by atoms with van der Waals surface area (Å²) in [5.74, 6) is 1.01. The van der Waals surface area contributed by atoms with E-state index in [-0.39, 0.29) is 0 Å². The van der Waals surface area contributed by atoms with E-state index >= 15 is 0 Å². The molecule has 7 nitrogen and oxygen atoms in total. The molecule has 1 fully saturated rings. The second-order valence-electron chi connectivity index (χ2n) is 5.62. The van der Waals surface area contributed by atoms with Crippen LogP contribution in [0.4, 0.5) is 0 Å². The number of nitrogens with one attached hydrogen (secondary N) is 1. The van der Waals surface area contributed by atoms with Gasteiger partial charge in [-0.1, -0.05) is 12.1 Å². The van der Waals surface area contributed by atoms with Crippen LogP contribution in [-0.4, -0.2) is 85.7 Å². The number of hydrogen-bond acceptors (Lipinski definition) is 5. The molecule has 1 aliphatic rings. The minimum absolute atomic E-state index is 0.859. The van der Waals surface area contributed by atoms with E-state index < -0.39 is 0 Å². The zero-order valence-corrected chi connectivity index (χ0v) is 14.0. The summed E-state index contributed by atoms with van der Waals surface area (Å²) in [6.45, 7) is 10.1. The van der Waals surface area contributed by atoms with E-state index in [0.717, 1.165) is 64.0 Å². The van der Waals surface area contributed by atoms with Gasteiger partial charge in [0.1, 0.15) is 6.26 Å². The van der Waals surface area contributed by atoms with Gasteiger partial charge < -0.3 is 19.6 Å². The summed E-state index contributed by atoms with van der Waals surface area (Å²) in [5.41, 5.74) is 0.999. The number of piperazine rings is 1. The molecule has 1 aliphatic heterocycles. The van der Waals surface area contributed by atoms with Crippen molar-refractivity contribution < 1.29 is 4.52 Å². The first-order valence-electron chi connectivity index (χ1n) is 7.98. The second-order valence-corrected chi connectivity index (χ2v) is 5.62. The molecule has 2 heterocycles. The molecule has 1 aromatic heterocycles. The summed E-state index contributed by atoms with van der Waals surface area (Å²) in [4.78, 5) is 11.4. The van der Waals surface area contributed by atoms with Gasteiger partial charge in [0.2, 0.25) is 0 Å². The van der Waals surface area contributed by atoms with Crippen molar-refractivity contribution in [1.29, 1.82) is 0 Å². The zero-order chi connectivity index (χ0) is 15.8. The van der Waals surface area contributed by atoms with Crippen LogP contribution < -0.4 is 5.32 Å². The van der Waals surface area contributed by atoms with Gasteiger partial charge in [0, 0.05) is 58.9 Å². The average molecular weight is 308 g/mol. The third kappa shape index (κ3) is 4.99. The lowest BCUT2D eigenvalue weighted by Crippen LogP contribution is -2.52. The Bertz CT molecular complexity index is 439. The lowest BCUT2D eigenvalue weighted by Gasteiger charge is -2.36. The van der Waals surface area contributed by atoms with E-state index in [1.54, 1.807) is 6.26 Å². The standard InChI is InChI=1S/C15H28N6O/c1-4-19(3)7-6-17-15(16-2)21-10-8-20(9-11-21)13-14-5-12-22-18-14/h5,12H,4,6-11,13H2,1-3H3,(H,16,17). The molecule has 2 rings (SSSR count). The third-order valence-electron chi connectivity index (χ3n) is 4.08. The molecular weight excluding hydrogens is 280 g/mol. The maximum absolute atomic E-state index is 4.89. The van der Waals surface area contributed by atoms with E-state index in [1.165, 1.54) is 0 Å². The molecule has 7 heteroatoms. The molecule has 0 aromatic carbocycles. The molecule has 0 aliphatic carbocycles. The lowest BCUT2D eigenvalue weighted by atomic mass is 10.3. The highest BCUT2D eigenvalue weighted by Crippen LogP contribution is 2.07. The van der Waals surface area contributed by atoms with Crippen molar-refractivity contribution >= 4 is 5.96 Å². The maximum atomic E-state index is 4.89. The molecule has 0 radical (unpaired) electrons. The van der Waals surface area contributed by atoms with E-state index in [0.29, 0.717) is 0 Å². The van der Waals surface area contributed by atoms with Crippen LogP contribution in [0.1, 0.15) is 12.6 Å². The van der Waals surface area contributed by atoms with Crippen LogP contribution in [0.25, 0.3) is 0 Å². The van der Waals surface area contributed by atoms with Crippen molar-refractivity contribution in [2.75, 3.05) is 59.9 Å². The Kier molecular flexibility index (Phi) is 6.67. The Morgan fingerprint density at radius 1 is 1.41 bits per heavy atom. The van der Waals surface area contributed by atoms with Gasteiger partial charge >= 0.3 is 0 Å². The summed E-state index contributed by atoms with van der Waals surface area (Å²) < 4.78 is 4.89. The molecular formula is C15H28N6O. The Morgan fingerprint density at radius 2 is 2.18 bits per heavy atom. The fourth-order valence-corrected chi connectivity index (χ4v) is 2.51. The quantitative estimate of drug-likeness (QED) is 0.603. The highest BCUT2D eigenvalue weighted by molar-refractivity contribution is 5.80. The lowest BCUT2D eigenvalue weighted by molar-refractivity contribution is 0.169. The molecule has 1 N–H and O–H groups in total. The second kappa shape index (κ2) is 8.75. The normalized spacial score (nSPS) is 17.3. The third-order valence-corrected chi connectivity index (χ3v) is 4.08.